The predicted molar refractivity (Wildman–Crippen MR) is 90.7 cm³/mol. The van der Waals surface area contributed by atoms with Crippen LogP contribution in [0.3, 0.4) is 0 Å². The Kier molecular flexibility index (Phi) is 3.32. The van der Waals surface area contributed by atoms with Crippen molar-refractivity contribution in [3.63, 3.8) is 0 Å². The van der Waals surface area contributed by atoms with E-state index < -0.39 is 0 Å². The second-order valence-electron chi connectivity index (χ2n) is 5.42. The summed E-state index contributed by atoms with van der Waals surface area (Å²) in [5.41, 5.74) is 8.90. The number of nitriles is 1. The van der Waals surface area contributed by atoms with E-state index in [2.05, 4.69) is 26.1 Å². The monoisotopic (exact) mass is 329 g/mol. The second kappa shape index (κ2) is 5.65. The fraction of sp³-hybridized carbons (Fsp3) is 0.0588. The van der Waals surface area contributed by atoms with Crippen LogP contribution in [0, 0.1) is 11.3 Å². The lowest BCUT2D eigenvalue weighted by molar-refractivity contribution is -0.113. The van der Waals surface area contributed by atoms with Gasteiger partial charge in [0, 0.05) is 17.9 Å². The molecule has 0 saturated heterocycles. The van der Waals surface area contributed by atoms with Gasteiger partial charge in [0.2, 0.25) is 0 Å². The Balaban J connectivity index is 2.01. The summed E-state index contributed by atoms with van der Waals surface area (Å²) in [5.74, 6) is -0.412. The van der Waals surface area contributed by atoms with E-state index in [1.807, 2.05) is 6.07 Å². The van der Waals surface area contributed by atoms with Gasteiger partial charge >= 0.3 is 0 Å². The summed E-state index contributed by atoms with van der Waals surface area (Å²) in [6.07, 6.45) is 6.05. The van der Waals surface area contributed by atoms with E-state index in [9.17, 15) is 4.79 Å². The third kappa shape index (κ3) is 2.44. The average molecular weight is 329 g/mol. The van der Waals surface area contributed by atoms with E-state index in [0.717, 1.165) is 5.56 Å². The van der Waals surface area contributed by atoms with Gasteiger partial charge in [0.1, 0.15) is 6.33 Å². The molecule has 1 atom stereocenters. The quantitative estimate of drug-likeness (QED) is 0.760. The standard InChI is InChI=1S/C17H11N7O/c18-7-10-2-1-3-11(6-10)14-15(12-4-5-13(25)20-8-12)24-17(16(19)23-14)21-9-22-24/h1-6,8-9,12H,(H2,19,23). The number of fused-ring (bicyclic) bond motifs is 1. The van der Waals surface area contributed by atoms with Gasteiger partial charge in [-0.2, -0.15) is 10.4 Å². The van der Waals surface area contributed by atoms with Crippen LogP contribution in [0.25, 0.3) is 16.9 Å². The van der Waals surface area contributed by atoms with Gasteiger partial charge in [-0.1, -0.05) is 18.2 Å². The van der Waals surface area contributed by atoms with Gasteiger partial charge in [0.15, 0.2) is 11.5 Å². The number of aromatic nitrogens is 4. The van der Waals surface area contributed by atoms with Gasteiger partial charge in [-0.15, -0.1) is 0 Å². The zero-order valence-electron chi connectivity index (χ0n) is 12.9. The highest BCUT2D eigenvalue weighted by molar-refractivity contribution is 5.98. The van der Waals surface area contributed by atoms with Gasteiger partial charge in [-0.25, -0.2) is 19.5 Å². The lowest BCUT2D eigenvalue weighted by Gasteiger charge is -2.17. The summed E-state index contributed by atoms with van der Waals surface area (Å²) < 4.78 is 1.59. The Labute approximate surface area is 142 Å². The summed E-state index contributed by atoms with van der Waals surface area (Å²) in [6, 6.07) is 9.15. The molecule has 1 unspecified atom stereocenters. The van der Waals surface area contributed by atoms with Crippen LogP contribution in [0.5, 0.6) is 0 Å². The van der Waals surface area contributed by atoms with Crippen LogP contribution in [0.1, 0.15) is 17.2 Å². The number of aliphatic imine (C=N–C) groups is 1. The fourth-order valence-electron chi connectivity index (χ4n) is 2.76. The first-order valence-electron chi connectivity index (χ1n) is 7.43. The van der Waals surface area contributed by atoms with E-state index in [-0.39, 0.29) is 17.6 Å². The number of amides is 1. The maximum Gasteiger partial charge on any atom is 0.269 e. The van der Waals surface area contributed by atoms with E-state index in [4.69, 9.17) is 11.0 Å². The Bertz CT molecular complexity index is 1090. The van der Waals surface area contributed by atoms with Crippen LogP contribution in [0.2, 0.25) is 0 Å². The van der Waals surface area contributed by atoms with Gasteiger partial charge in [-0.05, 0) is 12.1 Å². The van der Waals surface area contributed by atoms with Gasteiger partial charge in [0.05, 0.1) is 28.9 Å². The summed E-state index contributed by atoms with van der Waals surface area (Å²) in [5, 5.41) is 13.4. The fourth-order valence-corrected chi connectivity index (χ4v) is 2.76. The topological polar surface area (TPSA) is 122 Å². The van der Waals surface area contributed by atoms with Crippen molar-refractivity contribution in [3.05, 3.63) is 54.0 Å². The molecule has 3 heterocycles. The minimum atomic E-state index is -0.323. The second-order valence-corrected chi connectivity index (χ2v) is 5.42. The van der Waals surface area contributed by atoms with Crippen LogP contribution < -0.4 is 5.73 Å². The molecular formula is C17H11N7O. The Morgan fingerprint density at radius 3 is 2.96 bits per heavy atom. The molecule has 0 fully saturated rings. The molecule has 2 N–H and O–H groups in total. The molecule has 8 heteroatoms. The molecule has 0 aliphatic carbocycles. The summed E-state index contributed by atoms with van der Waals surface area (Å²) >= 11 is 0. The number of carbonyl (C=O) groups excluding carboxylic acids is 1. The lowest BCUT2D eigenvalue weighted by Crippen LogP contribution is -2.14. The van der Waals surface area contributed by atoms with E-state index in [0.29, 0.717) is 22.6 Å². The molecule has 3 aromatic rings. The van der Waals surface area contributed by atoms with Crippen molar-refractivity contribution in [1.29, 1.82) is 5.26 Å². The first-order valence-corrected chi connectivity index (χ1v) is 7.43. The number of nitrogens with two attached hydrogens (primary N) is 1. The van der Waals surface area contributed by atoms with Crippen molar-refractivity contribution >= 4 is 23.6 Å². The zero-order valence-corrected chi connectivity index (χ0v) is 12.9. The van der Waals surface area contributed by atoms with Crippen molar-refractivity contribution in [3.8, 4) is 17.3 Å². The normalized spacial score (nSPS) is 16.3. The minimum absolute atomic E-state index is 0.228. The number of allylic oxidation sites excluding steroid dienone is 1. The maximum absolute atomic E-state index is 11.4. The number of benzene rings is 1. The number of nitrogens with zero attached hydrogens (tertiary/aromatic N) is 6. The van der Waals surface area contributed by atoms with Crippen molar-refractivity contribution < 1.29 is 4.79 Å². The Hall–Kier alpha value is -3.86. The number of anilines is 1. The number of rotatable bonds is 2. The Morgan fingerprint density at radius 2 is 2.20 bits per heavy atom. The number of hydrogen-bond donors (Lipinski definition) is 1. The number of carbonyl (C=O) groups is 1. The first-order chi connectivity index (χ1) is 12.2. The summed E-state index contributed by atoms with van der Waals surface area (Å²) in [6.45, 7) is 0. The highest BCUT2D eigenvalue weighted by Gasteiger charge is 2.23. The van der Waals surface area contributed by atoms with E-state index in [1.54, 1.807) is 28.8 Å². The zero-order chi connectivity index (χ0) is 17.4. The summed E-state index contributed by atoms with van der Waals surface area (Å²) in [4.78, 5) is 23.8. The molecule has 1 amide bonds. The van der Waals surface area contributed by atoms with Gasteiger partial charge in [0.25, 0.3) is 5.91 Å². The van der Waals surface area contributed by atoms with Crippen molar-refractivity contribution in [1.82, 2.24) is 19.6 Å². The smallest absolute Gasteiger partial charge is 0.269 e. The highest BCUT2D eigenvalue weighted by atomic mass is 16.1. The molecule has 25 heavy (non-hydrogen) atoms. The molecule has 2 aromatic heterocycles. The third-order valence-electron chi connectivity index (χ3n) is 3.87. The SMILES string of the molecule is N#Cc1cccc(-c2nc(N)c3ncnn3c2C2C=CC(=O)N=C2)c1. The maximum atomic E-state index is 11.4. The van der Waals surface area contributed by atoms with Crippen molar-refractivity contribution in [2.24, 2.45) is 4.99 Å². The molecule has 0 spiro atoms. The molecule has 0 radical (unpaired) electrons. The molecule has 8 nitrogen and oxygen atoms in total. The lowest BCUT2D eigenvalue weighted by atomic mass is 9.97. The molecule has 120 valence electrons. The number of hydrogen-bond acceptors (Lipinski definition) is 6. The molecule has 4 rings (SSSR count). The first kappa shape index (κ1) is 14.7. The van der Waals surface area contributed by atoms with Crippen molar-refractivity contribution in [2.45, 2.75) is 5.92 Å². The van der Waals surface area contributed by atoms with Gasteiger partial charge in [-0.3, -0.25) is 4.79 Å². The van der Waals surface area contributed by atoms with Crippen molar-refractivity contribution in [2.75, 3.05) is 5.73 Å². The minimum Gasteiger partial charge on any atom is -0.381 e. The largest absolute Gasteiger partial charge is 0.381 e. The van der Waals surface area contributed by atoms with Crippen LogP contribution in [-0.2, 0) is 4.79 Å². The third-order valence-corrected chi connectivity index (χ3v) is 3.87. The van der Waals surface area contributed by atoms with E-state index >= 15 is 0 Å². The molecular weight excluding hydrogens is 318 g/mol. The Morgan fingerprint density at radius 1 is 1.32 bits per heavy atom. The highest BCUT2D eigenvalue weighted by Crippen LogP contribution is 2.31. The van der Waals surface area contributed by atoms with Crippen LogP contribution in [-0.4, -0.2) is 31.7 Å². The summed E-state index contributed by atoms with van der Waals surface area (Å²) in [7, 11) is 0. The van der Waals surface area contributed by atoms with Crippen LogP contribution in [0.15, 0.2) is 47.7 Å². The molecule has 1 aromatic carbocycles. The number of nitrogen functional groups attached to an aromatic ring is 1. The van der Waals surface area contributed by atoms with Crippen LogP contribution >= 0.6 is 0 Å². The molecule has 0 saturated carbocycles. The molecule has 1 aliphatic rings. The van der Waals surface area contributed by atoms with E-state index in [1.165, 1.54) is 18.6 Å². The van der Waals surface area contributed by atoms with Crippen LogP contribution in [0.4, 0.5) is 5.82 Å². The average Bonchev–Trinajstić information content (AvgIpc) is 3.13. The predicted octanol–water partition coefficient (Wildman–Crippen LogP) is 1.50. The molecule has 0 bridgehead atoms. The molecule has 1 aliphatic heterocycles. The van der Waals surface area contributed by atoms with Gasteiger partial charge < -0.3 is 5.73 Å². The number of dihydropyridines is 1.